The van der Waals surface area contributed by atoms with E-state index < -0.39 is 17.1 Å². The summed E-state index contributed by atoms with van der Waals surface area (Å²) in [5.41, 5.74) is 4.06. The van der Waals surface area contributed by atoms with Gasteiger partial charge in [-0.2, -0.15) is 0 Å². The minimum atomic E-state index is -0.600. The maximum absolute atomic E-state index is 12.6. The molecule has 146 valence electrons. The lowest BCUT2D eigenvalue weighted by Crippen LogP contribution is -2.35. The maximum Gasteiger partial charge on any atom is 0.326 e. The van der Waals surface area contributed by atoms with Gasteiger partial charge in [0.25, 0.3) is 11.1 Å². The Morgan fingerprint density at radius 3 is 2.64 bits per heavy atom. The lowest BCUT2D eigenvalue weighted by atomic mass is 10.1. The quantitative estimate of drug-likeness (QED) is 0.561. The number of hydrogen-bond acceptors (Lipinski definition) is 5. The van der Waals surface area contributed by atoms with Gasteiger partial charge in [0.2, 0.25) is 0 Å². The van der Waals surface area contributed by atoms with Crippen LogP contribution in [0.3, 0.4) is 0 Å². The van der Waals surface area contributed by atoms with Gasteiger partial charge in [-0.15, -0.1) is 0 Å². The number of benzene rings is 1. The number of aromatic nitrogens is 1. The summed E-state index contributed by atoms with van der Waals surface area (Å²) in [6, 6.07) is 9.90. The third kappa shape index (κ3) is 4.20. The second kappa shape index (κ2) is 8.06. The average molecular weight is 398 g/mol. The molecule has 1 aromatic carbocycles. The number of carbonyl (C=O) groups is 3. The molecule has 6 nitrogen and oxygen atoms in total. The highest BCUT2D eigenvalue weighted by atomic mass is 32.2. The largest absolute Gasteiger partial charge is 0.462 e. The molecule has 2 heterocycles. The van der Waals surface area contributed by atoms with E-state index in [1.54, 1.807) is 19.9 Å². The molecule has 0 saturated carbocycles. The van der Waals surface area contributed by atoms with E-state index in [1.807, 2.05) is 48.9 Å². The molecule has 1 saturated heterocycles. The summed E-state index contributed by atoms with van der Waals surface area (Å²) >= 11 is 0.829. The predicted octanol–water partition coefficient (Wildman–Crippen LogP) is 4.08. The standard InChI is InChI=1S/C21H22N2O4S/c1-13(2)27-19(24)12-23-20(25)18(28-21(23)26)11-16-6-5-9-22(16)17-8-7-14(3)10-15(17)4/h5-11,13H,12H2,1-4H3/b18-11+. The van der Waals surface area contributed by atoms with Crippen molar-refractivity contribution in [1.82, 2.24) is 9.47 Å². The van der Waals surface area contributed by atoms with Gasteiger partial charge < -0.3 is 9.30 Å². The summed E-state index contributed by atoms with van der Waals surface area (Å²) in [6.07, 6.45) is 3.29. The van der Waals surface area contributed by atoms with Gasteiger partial charge in [-0.25, -0.2) is 0 Å². The number of imide groups is 1. The fourth-order valence-corrected chi connectivity index (χ4v) is 3.83. The summed E-state index contributed by atoms with van der Waals surface area (Å²) in [4.78, 5) is 37.9. The number of esters is 1. The number of aryl methyl sites for hydroxylation is 2. The highest BCUT2D eigenvalue weighted by molar-refractivity contribution is 8.18. The van der Waals surface area contributed by atoms with E-state index in [9.17, 15) is 14.4 Å². The molecule has 0 radical (unpaired) electrons. The van der Waals surface area contributed by atoms with E-state index in [4.69, 9.17) is 4.74 Å². The van der Waals surface area contributed by atoms with Gasteiger partial charge in [0, 0.05) is 17.6 Å². The van der Waals surface area contributed by atoms with Crippen LogP contribution >= 0.6 is 11.8 Å². The van der Waals surface area contributed by atoms with Crippen molar-refractivity contribution in [2.24, 2.45) is 0 Å². The van der Waals surface area contributed by atoms with Crippen molar-refractivity contribution in [3.8, 4) is 5.69 Å². The monoisotopic (exact) mass is 398 g/mol. The Balaban J connectivity index is 1.85. The van der Waals surface area contributed by atoms with Gasteiger partial charge >= 0.3 is 5.97 Å². The van der Waals surface area contributed by atoms with Crippen LogP contribution in [0.4, 0.5) is 4.79 Å². The van der Waals surface area contributed by atoms with Crippen LogP contribution in [0, 0.1) is 13.8 Å². The summed E-state index contributed by atoms with van der Waals surface area (Å²) in [6.45, 7) is 7.12. The molecular formula is C21H22N2O4S. The highest BCUT2D eigenvalue weighted by Crippen LogP contribution is 2.32. The molecule has 1 aliphatic rings. The van der Waals surface area contributed by atoms with Crippen LogP contribution in [0.15, 0.2) is 41.4 Å². The molecule has 7 heteroatoms. The van der Waals surface area contributed by atoms with Gasteiger partial charge in [0.05, 0.1) is 11.0 Å². The van der Waals surface area contributed by atoms with Crippen molar-refractivity contribution >= 4 is 35.0 Å². The fraction of sp³-hybridized carbons (Fsp3) is 0.286. The molecule has 2 amide bonds. The lowest BCUT2D eigenvalue weighted by Gasteiger charge is -2.13. The topological polar surface area (TPSA) is 68.6 Å². The first kappa shape index (κ1) is 19.9. The van der Waals surface area contributed by atoms with Crippen molar-refractivity contribution in [3.63, 3.8) is 0 Å². The highest BCUT2D eigenvalue weighted by Gasteiger charge is 2.37. The summed E-state index contributed by atoms with van der Waals surface area (Å²) < 4.78 is 7.00. The number of nitrogens with zero attached hydrogens (tertiary/aromatic N) is 2. The van der Waals surface area contributed by atoms with Gasteiger partial charge in [-0.3, -0.25) is 19.3 Å². The second-order valence-electron chi connectivity index (χ2n) is 6.90. The zero-order chi connectivity index (χ0) is 20.4. The Hall–Kier alpha value is -2.80. The first-order valence-electron chi connectivity index (χ1n) is 8.96. The van der Waals surface area contributed by atoms with E-state index in [2.05, 4.69) is 6.07 Å². The van der Waals surface area contributed by atoms with Crippen LogP contribution in [0.25, 0.3) is 11.8 Å². The van der Waals surface area contributed by atoms with E-state index in [0.717, 1.165) is 33.6 Å². The molecule has 0 aliphatic carbocycles. The van der Waals surface area contributed by atoms with E-state index in [1.165, 1.54) is 5.56 Å². The number of amides is 2. The minimum absolute atomic E-state index is 0.284. The van der Waals surface area contributed by atoms with E-state index in [-0.39, 0.29) is 17.6 Å². The smallest absolute Gasteiger partial charge is 0.326 e. The molecule has 0 unspecified atom stereocenters. The third-order valence-corrected chi connectivity index (χ3v) is 5.11. The molecule has 0 bridgehead atoms. The summed E-state index contributed by atoms with van der Waals surface area (Å²) in [5.74, 6) is -1.08. The van der Waals surface area contributed by atoms with Crippen LogP contribution in [0.2, 0.25) is 0 Å². The molecular weight excluding hydrogens is 376 g/mol. The Morgan fingerprint density at radius 1 is 1.21 bits per heavy atom. The van der Waals surface area contributed by atoms with Crippen molar-refractivity contribution in [2.45, 2.75) is 33.8 Å². The molecule has 3 rings (SSSR count). The molecule has 0 N–H and O–H groups in total. The first-order valence-corrected chi connectivity index (χ1v) is 9.77. The van der Waals surface area contributed by atoms with Gasteiger partial charge in [-0.1, -0.05) is 17.7 Å². The molecule has 1 fully saturated rings. The predicted molar refractivity (Wildman–Crippen MR) is 109 cm³/mol. The third-order valence-electron chi connectivity index (χ3n) is 4.20. The van der Waals surface area contributed by atoms with Crippen molar-refractivity contribution in [2.75, 3.05) is 6.54 Å². The SMILES string of the molecule is Cc1ccc(-n2cccc2/C=C2/SC(=O)N(CC(=O)OC(C)C)C2=O)c(C)c1. The minimum Gasteiger partial charge on any atom is -0.462 e. The average Bonchev–Trinajstić information content (AvgIpc) is 3.15. The Morgan fingerprint density at radius 2 is 1.96 bits per heavy atom. The Labute approximate surface area is 168 Å². The van der Waals surface area contributed by atoms with Crippen LogP contribution in [-0.4, -0.2) is 39.2 Å². The molecule has 1 aliphatic heterocycles. The number of carbonyl (C=O) groups excluding carboxylic acids is 3. The van der Waals surface area contributed by atoms with Crippen LogP contribution in [-0.2, 0) is 14.3 Å². The first-order chi connectivity index (χ1) is 13.3. The van der Waals surface area contributed by atoms with Crippen LogP contribution in [0.5, 0.6) is 0 Å². The maximum atomic E-state index is 12.6. The lowest BCUT2D eigenvalue weighted by molar-refractivity contribution is -0.149. The van der Waals surface area contributed by atoms with Crippen LogP contribution in [0.1, 0.15) is 30.7 Å². The van der Waals surface area contributed by atoms with Gasteiger partial charge in [0.1, 0.15) is 6.54 Å². The summed E-state index contributed by atoms with van der Waals surface area (Å²) in [5, 5.41) is -0.471. The molecule has 0 spiro atoms. The number of thioether (sulfide) groups is 1. The fourth-order valence-electron chi connectivity index (χ4n) is 3.01. The number of hydrogen-bond donors (Lipinski definition) is 0. The van der Waals surface area contributed by atoms with E-state index >= 15 is 0 Å². The van der Waals surface area contributed by atoms with Crippen LogP contribution < -0.4 is 0 Å². The zero-order valence-electron chi connectivity index (χ0n) is 16.3. The van der Waals surface area contributed by atoms with Gasteiger partial charge in [0.15, 0.2) is 0 Å². The molecule has 2 aromatic rings. The van der Waals surface area contributed by atoms with Gasteiger partial charge in [-0.05, 0) is 69.3 Å². The Bertz CT molecular complexity index is 975. The number of ether oxygens (including phenoxy) is 1. The summed E-state index contributed by atoms with van der Waals surface area (Å²) in [7, 11) is 0. The Kier molecular flexibility index (Phi) is 5.74. The van der Waals surface area contributed by atoms with Crippen molar-refractivity contribution in [1.29, 1.82) is 0 Å². The van der Waals surface area contributed by atoms with E-state index in [0.29, 0.717) is 0 Å². The van der Waals surface area contributed by atoms with Crippen molar-refractivity contribution in [3.05, 3.63) is 58.3 Å². The van der Waals surface area contributed by atoms with Crippen molar-refractivity contribution < 1.29 is 19.1 Å². The molecule has 0 atom stereocenters. The molecule has 28 heavy (non-hydrogen) atoms. The number of rotatable bonds is 5. The molecule has 1 aromatic heterocycles. The normalized spacial score (nSPS) is 15.8. The second-order valence-corrected chi connectivity index (χ2v) is 7.89. The zero-order valence-corrected chi connectivity index (χ0v) is 17.1.